The second-order valence-corrected chi connectivity index (χ2v) is 6.06. The van der Waals surface area contributed by atoms with E-state index in [0.29, 0.717) is 5.82 Å². The molecule has 2 bridgehead atoms. The van der Waals surface area contributed by atoms with Gasteiger partial charge in [-0.25, -0.2) is 4.98 Å². The van der Waals surface area contributed by atoms with Crippen LogP contribution in [-0.2, 0) is 4.79 Å². The lowest BCUT2D eigenvalue weighted by molar-refractivity contribution is -0.385. The van der Waals surface area contributed by atoms with Crippen molar-refractivity contribution >= 4 is 17.3 Å². The summed E-state index contributed by atoms with van der Waals surface area (Å²) in [5.41, 5.74) is 1.14. The van der Waals surface area contributed by atoms with E-state index in [1.54, 1.807) is 12.1 Å². The molecule has 0 saturated carbocycles. The maximum Gasteiger partial charge on any atom is 0.287 e. The smallest absolute Gasteiger partial charge is 0.287 e. The Morgan fingerprint density at radius 3 is 2.62 bits per heavy atom. The average Bonchev–Trinajstić information content (AvgIpc) is 2.91. The van der Waals surface area contributed by atoms with Crippen molar-refractivity contribution in [3.63, 3.8) is 0 Å². The van der Waals surface area contributed by atoms with Gasteiger partial charge < -0.3 is 4.90 Å². The summed E-state index contributed by atoms with van der Waals surface area (Å²) in [5.74, 6) is 0.868. The fourth-order valence-electron chi connectivity index (χ4n) is 3.66. The predicted octanol–water partition coefficient (Wildman–Crippen LogP) is 2.86. The molecule has 3 unspecified atom stereocenters. The second-order valence-electron chi connectivity index (χ2n) is 6.06. The minimum Gasteiger partial charge on any atom is -0.339 e. The highest BCUT2D eigenvalue weighted by atomic mass is 16.6. The lowest BCUT2D eigenvalue weighted by Crippen LogP contribution is -2.43. The summed E-state index contributed by atoms with van der Waals surface area (Å²) < 4.78 is 0. The number of fused-ring (bicyclic) bond motifs is 2. The second kappa shape index (κ2) is 5.56. The first-order chi connectivity index (χ1) is 11.6. The Kier molecular flexibility index (Phi) is 3.37. The lowest BCUT2D eigenvalue weighted by Gasteiger charge is -2.32. The zero-order chi connectivity index (χ0) is 16.7. The molecular formula is C18H15N3O3. The van der Waals surface area contributed by atoms with Crippen LogP contribution in [0.5, 0.6) is 0 Å². The summed E-state index contributed by atoms with van der Waals surface area (Å²) in [4.78, 5) is 28.9. The third-order valence-electron chi connectivity index (χ3n) is 4.77. The van der Waals surface area contributed by atoms with E-state index >= 15 is 0 Å². The molecule has 2 aliphatic rings. The molecule has 0 radical (unpaired) electrons. The summed E-state index contributed by atoms with van der Waals surface area (Å²) in [7, 11) is 0. The van der Waals surface area contributed by atoms with Crippen molar-refractivity contribution in [3.05, 3.63) is 76.5 Å². The fourth-order valence-corrected chi connectivity index (χ4v) is 3.66. The number of hydrogen-bond acceptors (Lipinski definition) is 5. The number of ketones is 1. The molecule has 6 heteroatoms. The Morgan fingerprint density at radius 1 is 1.17 bits per heavy atom. The highest BCUT2D eigenvalue weighted by molar-refractivity contribution is 5.99. The van der Waals surface area contributed by atoms with E-state index in [4.69, 9.17) is 0 Å². The molecule has 2 aliphatic heterocycles. The van der Waals surface area contributed by atoms with Crippen LogP contribution in [0.4, 0.5) is 11.5 Å². The number of rotatable bonds is 3. The molecule has 0 aliphatic carbocycles. The van der Waals surface area contributed by atoms with Gasteiger partial charge in [-0.3, -0.25) is 14.9 Å². The van der Waals surface area contributed by atoms with Crippen LogP contribution >= 0.6 is 0 Å². The van der Waals surface area contributed by atoms with E-state index in [0.717, 1.165) is 6.42 Å². The quantitative estimate of drug-likeness (QED) is 0.642. The number of aromatic nitrogens is 1. The SMILES string of the molecule is O=C1C=CC2C(c3ccccc3)CC1N2c1ccc([N+](=O)[O-])cn1. The molecule has 0 N–H and O–H groups in total. The van der Waals surface area contributed by atoms with Crippen LogP contribution in [0.25, 0.3) is 0 Å². The van der Waals surface area contributed by atoms with Gasteiger partial charge in [0.1, 0.15) is 12.0 Å². The molecule has 1 saturated heterocycles. The van der Waals surface area contributed by atoms with Gasteiger partial charge in [0.25, 0.3) is 5.69 Å². The van der Waals surface area contributed by atoms with Crippen molar-refractivity contribution in [1.29, 1.82) is 0 Å². The first kappa shape index (κ1) is 14.6. The van der Waals surface area contributed by atoms with Gasteiger partial charge in [0.15, 0.2) is 5.78 Å². The summed E-state index contributed by atoms with van der Waals surface area (Å²) >= 11 is 0. The van der Waals surface area contributed by atoms with Crippen molar-refractivity contribution < 1.29 is 9.72 Å². The normalized spacial score (nSPS) is 25.1. The molecule has 120 valence electrons. The Bertz CT molecular complexity index is 817. The van der Waals surface area contributed by atoms with Crippen LogP contribution in [0.15, 0.2) is 60.8 Å². The summed E-state index contributed by atoms with van der Waals surface area (Å²) in [6.07, 6.45) is 5.54. The van der Waals surface area contributed by atoms with Crippen molar-refractivity contribution in [2.24, 2.45) is 0 Å². The number of nitro groups is 1. The maximum absolute atomic E-state index is 12.3. The van der Waals surface area contributed by atoms with E-state index in [1.165, 1.54) is 17.8 Å². The van der Waals surface area contributed by atoms with E-state index in [9.17, 15) is 14.9 Å². The van der Waals surface area contributed by atoms with Gasteiger partial charge in [0.2, 0.25) is 0 Å². The van der Waals surface area contributed by atoms with E-state index in [1.807, 2.05) is 29.2 Å². The first-order valence-corrected chi connectivity index (χ1v) is 7.81. The Labute approximate surface area is 138 Å². The number of hydrogen-bond donors (Lipinski definition) is 0. The topological polar surface area (TPSA) is 76.3 Å². The molecule has 3 heterocycles. The van der Waals surface area contributed by atoms with Crippen molar-refractivity contribution in [2.45, 2.75) is 24.4 Å². The van der Waals surface area contributed by atoms with Gasteiger partial charge in [-0.2, -0.15) is 0 Å². The molecular weight excluding hydrogens is 306 g/mol. The summed E-state index contributed by atoms with van der Waals surface area (Å²) in [6, 6.07) is 12.9. The minimum atomic E-state index is -0.473. The molecule has 1 aromatic carbocycles. The highest BCUT2D eigenvalue weighted by Gasteiger charge is 2.46. The molecule has 0 amide bonds. The zero-order valence-corrected chi connectivity index (χ0v) is 12.8. The lowest BCUT2D eigenvalue weighted by atomic mass is 9.91. The molecule has 3 atom stereocenters. The van der Waals surface area contributed by atoms with E-state index in [-0.39, 0.29) is 29.5 Å². The van der Waals surface area contributed by atoms with Crippen LogP contribution in [0, 0.1) is 10.1 Å². The first-order valence-electron chi connectivity index (χ1n) is 7.81. The Morgan fingerprint density at radius 2 is 1.96 bits per heavy atom. The van der Waals surface area contributed by atoms with Gasteiger partial charge in [-0.05, 0) is 24.1 Å². The number of nitrogens with zero attached hydrogens (tertiary/aromatic N) is 3. The van der Waals surface area contributed by atoms with Gasteiger partial charge >= 0.3 is 0 Å². The summed E-state index contributed by atoms with van der Waals surface area (Å²) in [5, 5.41) is 10.8. The van der Waals surface area contributed by atoms with Crippen molar-refractivity contribution in [2.75, 3.05) is 4.90 Å². The van der Waals surface area contributed by atoms with E-state index in [2.05, 4.69) is 17.1 Å². The van der Waals surface area contributed by atoms with Crippen LogP contribution in [0.1, 0.15) is 17.9 Å². The van der Waals surface area contributed by atoms with Crippen LogP contribution < -0.4 is 4.90 Å². The van der Waals surface area contributed by atoms with Gasteiger partial charge in [0, 0.05) is 12.0 Å². The number of carbonyl (C=O) groups is 1. The maximum atomic E-state index is 12.3. The standard InChI is InChI=1S/C18H15N3O3/c22-17-8-7-15-14(12-4-2-1-3-5-12)10-16(17)20(15)18-9-6-13(11-19-18)21(23)24/h1-9,11,14-16H,10H2. The van der Waals surface area contributed by atoms with Crippen LogP contribution in [0.2, 0.25) is 0 Å². The number of carbonyl (C=O) groups excluding carboxylic acids is 1. The molecule has 4 rings (SSSR count). The molecule has 1 fully saturated rings. The molecule has 2 aromatic rings. The fraction of sp³-hybridized carbons (Fsp3) is 0.222. The number of anilines is 1. The van der Waals surface area contributed by atoms with Gasteiger partial charge in [-0.15, -0.1) is 0 Å². The molecule has 6 nitrogen and oxygen atoms in total. The minimum absolute atomic E-state index is 0.0315. The number of benzene rings is 1. The number of pyridine rings is 1. The highest BCUT2D eigenvalue weighted by Crippen LogP contribution is 2.43. The molecule has 1 aromatic heterocycles. The largest absolute Gasteiger partial charge is 0.339 e. The summed E-state index contributed by atoms with van der Waals surface area (Å²) in [6.45, 7) is 0. The predicted molar refractivity (Wildman–Crippen MR) is 88.9 cm³/mol. The van der Waals surface area contributed by atoms with Crippen molar-refractivity contribution in [3.8, 4) is 0 Å². The molecule has 0 spiro atoms. The van der Waals surface area contributed by atoms with Gasteiger partial charge in [-0.1, -0.05) is 36.4 Å². The Balaban J connectivity index is 1.71. The Hall–Kier alpha value is -3.02. The third-order valence-corrected chi connectivity index (χ3v) is 4.77. The monoisotopic (exact) mass is 321 g/mol. The average molecular weight is 321 g/mol. The van der Waals surface area contributed by atoms with E-state index < -0.39 is 4.92 Å². The third kappa shape index (κ3) is 2.27. The van der Waals surface area contributed by atoms with Crippen molar-refractivity contribution in [1.82, 2.24) is 4.98 Å². The van der Waals surface area contributed by atoms with Crippen LogP contribution in [0.3, 0.4) is 0 Å². The van der Waals surface area contributed by atoms with Crippen LogP contribution in [-0.4, -0.2) is 27.8 Å². The molecule has 24 heavy (non-hydrogen) atoms. The van der Waals surface area contributed by atoms with Gasteiger partial charge in [0.05, 0.1) is 17.0 Å². The zero-order valence-electron chi connectivity index (χ0n) is 12.8.